The number of hydrogen-bond donors (Lipinski definition) is 0. The third-order valence-electron chi connectivity index (χ3n) is 4.58. The topological polar surface area (TPSA) is 25.2 Å². The van der Waals surface area contributed by atoms with E-state index in [-0.39, 0.29) is 0 Å². The van der Waals surface area contributed by atoms with Crippen LogP contribution in [0.25, 0.3) is 17.2 Å². The van der Waals surface area contributed by atoms with Gasteiger partial charge in [0.15, 0.2) is 0 Å². The molecule has 27 heavy (non-hydrogen) atoms. The van der Waals surface area contributed by atoms with Crippen LogP contribution in [-0.2, 0) is 0 Å². The van der Waals surface area contributed by atoms with Crippen molar-refractivity contribution in [3.8, 4) is 11.1 Å². The predicted octanol–water partition coefficient (Wildman–Crippen LogP) is 5.69. The van der Waals surface area contributed by atoms with Crippen LogP contribution in [0.1, 0.15) is 24.0 Å². The Kier molecular flexibility index (Phi) is 4.88. The summed E-state index contributed by atoms with van der Waals surface area (Å²) in [6.45, 7) is 0.808. The lowest BCUT2D eigenvalue weighted by Crippen LogP contribution is -2.11. The van der Waals surface area contributed by atoms with Crippen molar-refractivity contribution in [1.29, 1.82) is 0 Å². The predicted molar refractivity (Wildman–Crippen MR) is 105 cm³/mol. The molecule has 0 atom stereocenters. The first-order valence-corrected chi connectivity index (χ1v) is 8.92. The van der Waals surface area contributed by atoms with E-state index in [2.05, 4.69) is 16.1 Å². The van der Waals surface area contributed by atoms with E-state index in [9.17, 15) is 8.78 Å². The number of rotatable bonds is 3. The number of allylic oxidation sites excluding steroid dienone is 1. The van der Waals surface area contributed by atoms with E-state index in [1.165, 1.54) is 12.1 Å². The van der Waals surface area contributed by atoms with E-state index in [0.717, 1.165) is 53.4 Å². The number of benzene rings is 2. The zero-order valence-corrected chi connectivity index (χ0v) is 14.7. The van der Waals surface area contributed by atoms with Crippen molar-refractivity contribution in [1.82, 2.24) is 4.98 Å². The smallest absolute Gasteiger partial charge is 0.133 e. The Morgan fingerprint density at radius 1 is 0.926 bits per heavy atom. The van der Waals surface area contributed by atoms with E-state index in [0.29, 0.717) is 5.56 Å². The molecule has 0 bridgehead atoms. The highest BCUT2D eigenvalue weighted by Gasteiger charge is 2.14. The van der Waals surface area contributed by atoms with Crippen molar-refractivity contribution >= 4 is 11.8 Å². The Bertz CT molecular complexity index is 1020. The van der Waals surface area contributed by atoms with Gasteiger partial charge in [-0.1, -0.05) is 18.2 Å². The van der Waals surface area contributed by atoms with Gasteiger partial charge in [-0.3, -0.25) is 9.98 Å². The first-order valence-electron chi connectivity index (χ1n) is 8.92. The molecule has 0 fully saturated rings. The van der Waals surface area contributed by atoms with Crippen molar-refractivity contribution < 1.29 is 8.78 Å². The molecule has 4 heteroatoms. The Hall–Kier alpha value is -3.14. The van der Waals surface area contributed by atoms with Gasteiger partial charge in [-0.25, -0.2) is 8.78 Å². The van der Waals surface area contributed by atoms with Gasteiger partial charge in [-0.15, -0.1) is 0 Å². The molecule has 2 nitrogen and oxygen atoms in total. The molecule has 1 aliphatic rings. The van der Waals surface area contributed by atoms with Crippen LogP contribution >= 0.6 is 0 Å². The van der Waals surface area contributed by atoms with Gasteiger partial charge in [-0.05, 0) is 65.9 Å². The maximum Gasteiger partial charge on any atom is 0.133 e. The summed E-state index contributed by atoms with van der Waals surface area (Å²) in [5, 5.41) is 0. The summed E-state index contributed by atoms with van der Waals surface area (Å²) in [5.41, 5.74) is 5.19. The van der Waals surface area contributed by atoms with E-state index in [1.54, 1.807) is 6.20 Å². The van der Waals surface area contributed by atoms with E-state index < -0.39 is 11.6 Å². The van der Waals surface area contributed by atoms with Gasteiger partial charge in [0.25, 0.3) is 0 Å². The molecule has 0 amide bonds. The van der Waals surface area contributed by atoms with Gasteiger partial charge in [0.2, 0.25) is 0 Å². The summed E-state index contributed by atoms with van der Waals surface area (Å²) in [7, 11) is 0. The second-order valence-electron chi connectivity index (χ2n) is 6.49. The molecule has 0 N–H and O–H groups in total. The average Bonchev–Trinajstić information content (AvgIpc) is 2.69. The standard InChI is InChI=1S/C23H18F2N2/c24-20-8-9-21(22(25)14-20)17-5-1-4-16(12-17)13-18-6-3-11-27-23(18)19-7-2-10-26-15-19/h1-2,4-5,7-10,12-15H,3,6,11H2/b18-13+. The molecular weight excluding hydrogens is 342 g/mol. The van der Waals surface area contributed by atoms with E-state index in [1.807, 2.05) is 42.6 Å². The van der Waals surface area contributed by atoms with Gasteiger partial charge in [0, 0.05) is 36.1 Å². The third-order valence-corrected chi connectivity index (χ3v) is 4.58. The minimum absolute atomic E-state index is 0.390. The van der Waals surface area contributed by atoms with E-state index >= 15 is 0 Å². The normalized spacial score (nSPS) is 15.6. The van der Waals surface area contributed by atoms with Crippen molar-refractivity contribution in [2.24, 2.45) is 4.99 Å². The van der Waals surface area contributed by atoms with Crippen LogP contribution in [0, 0.1) is 11.6 Å². The number of aromatic nitrogens is 1. The van der Waals surface area contributed by atoms with Gasteiger partial charge in [0.05, 0.1) is 5.71 Å². The van der Waals surface area contributed by atoms with E-state index in [4.69, 9.17) is 0 Å². The van der Waals surface area contributed by atoms with Crippen LogP contribution in [0.4, 0.5) is 8.78 Å². The average molecular weight is 360 g/mol. The van der Waals surface area contributed by atoms with Gasteiger partial charge in [-0.2, -0.15) is 0 Å². The molecule has 1 aliphatic heterocycles. The highest BCUT2D eigenvalue weighted by molar-refractivity contribution is 6.15. The van der Waals surface area contributed by atoms with Crippen molar-refractivity contribution in [3.63, 3.8) is 0 Å². The Morgan fingerprint density at radius 2 is 1.81 bits per heavy atom. The fourth-order valence-electron chi connectivity index (χ4n) is 3.32. The summed E-state index contributed by atoms with van der Waals surface area (Å²) in [6.07, 6.45) is 7.60. The molecule has 1 aromatic heterocycles. The van der Waals surface area contributed by atoms with Gasteiger partial charge in [0.1, 0.15) is 11.6 Å². The minimum atomic E-state index is -0.575. The van der Waals surface area contributed by atoms with Crippen molar-refractivity contribution in [3.05, 3.63) is 95.3 Å². The lowest BCUT2D eigenvalue weighted by molar-refractivity contribution is 0.585. The summed E-state index contributed by atoms with van der Waals surface area (Å²) in [4.78, 5) is 8.88. The second kappa shape index (κ2) is 7.62. The second-order valence-corrected chi connectivity index (χ2v) is 6.49. The molecule has 0 unspecified atom stereocenters. The molecule has 0 spiro atoms. The number of nitrogens with zero attached hydrogens (tertiary/aromatic N) is 2. The lowest BCUT2D eigenvalue weighted by Gasteiger charge is -2.16. The molecular formula is C23H18F2N2. The molecule has 0 saturated carbocycles. The molecule has 3 aromatic rings. The summed E-state index contributed by atoms with van der Waals surface area (Å²) in [5.74, 6) is -1.14. The quantitative estimate of drug-likeness (QED) is 0.589. The Balaban J connectivity index is 1.71. The van der Waals surface area contributed by atoms with Crippen LogP contribution in [0.2, 0.25) is 0 Å². The fraction of sp³-hybridized carbons (Fsp3) is 0.130. The SMILES string of the molecule is Fc1ccc(-c2cccc(/C=C3\CCCN=C3c3cccnc3)c2)c(F)c1. The lowest BCUT2D eigenvalue weighted by atomic mass is 9.94. The molecule has 2 heterocycles. The number of hydrogen-bond acceptors (Lipinski definition) is 2. The van der Waals surface area contributed by atoms with Crippen molar-refractivity contribution in [2.75, 3.05) is 6.54 Å². The van der Waals surface area contributed by atoms with Crippen LogP contribution < -0.4 is 0 Å². The van der Waals surface area contributed by atoms with Crippen molar-refractivity contribution in [2.45, 2.75) is 12.8 Å². The summed E-state index contributed by atoms with van der Waals surface area (Å²) >= 11 is 0. The minimum Gasteiger partial charge on any atom is -0.284 e. The Labute approximate surface area is 156 Å². The fourth-order valence-corrected chi connectivity index (χ4v) is 3.32. The Morgan fingerprint density at radius 3 is 2.63 bits per heavy atom. The molecule has 4 rings (SSSR count). The maximum absolute atomic E-state index is 14.1. The number of halogens is 2. The number of pyridine rings is 1. The summed E-state index contributed by atoms with van der Waals surface area (Å²) < 4.78 is 27.3. The molecule has 0 saturated heterocycles. The molecule has 134 valence electrons. The largest absolute Gasteiger partial charge is 0.284 e. The van der Waals surface area contributed by atoms with Crippen LogP contribution in [0.5, 0.6) is 0 Å². The van der Waals surface area contributed by atoms with Gasteiger partial charge < -0.3 is 0 Å². The monoisotopic (exact) mass is 360 g/mol. The zero-order chi connectivity index (χ0) is 18.6. The third kappa shape index (κ3) is 3.85. The van der Waals surface area contributed by atoms with Crippen LogP contribution in [-0.4, -0.2) is 17.2 Å². The first kappa shape index (κ1) is 17.3. The van der Waals surface area contributed by atoms with Crippen LogP contribution in [0.3, 0.4) is 0 Å². The first-order chi connectivity index (χ1) is 13.2. The molecule has 2 aromatic carbocycles. The highest BCUT2D eigenvalue weighted by Crippen LogP contribution is 2.27. The maximum atomic E-state index is 14.1. The highest BCUT2D eigenvalue weighted by atomic mass is 19.1. The molecule has 0 aliphatic carbocycles. The summed E-state index contributed by atoms with van der Waals surface area (Å²) in [6, 6.07) is 15.2. The zero-order valence-electron chi connectivity index (χ0n) is 14.7. The van der Waals surface area contributed by atoms with Crippen LogP contribution in [0.15, 0.2) is 77.6 Å². The number of aliphatic imine (C=N–C) groups is 1. The molecule has 0 radical (unpaired) electrons. The van der Waals surface area contributed by atoms with Gasteiger partial charge >= 0.3 is 0 Å².